The molecule has 0 fully saturated rings. The lowest BCUT2D eigenvalue weighted by molar-refractivity contribution is -0.107. The summed E-state index contributed by atoms with van der Waals surface area (Å²) in [6, 6.07) is 13.7. The predicted molar refractivity (Wildman–Crippen MR) is 68.2 cm³/mol. The molecule has 0 aliphatic carbocycles. The van der Waals surface area contributed by atoms with E-state index in [2.05, 4.69) is 5.32 Å². The lowest BCUT2D eigenvalue weighted by atomic mass is 10.1. The minimum absolute atomic E-state index is 0.0334. The van der Waals surface area contributed by atoms with Gasteiger partial charge in [0.15, 0.2) is 0 Å². The second-order valence-corrected chi connectivity index (χ2v) is 3.76. The maximum absolute atomic E-state index is 11.2. The maximum Gasteiger partial charge on any atom is 0.407 e. The number of fused-ring (bicyclic) bond motifs is 1. The molecule has 0 heterocycles. The number of carbonyl (C=O) groups is 2. The van der Waals surface area contributed by atoms with Crippen LogP contribution in [-0.2, 0) is 16.1 Å². The highest BCUT2D eigenvalue weighted by Crippen LogP contribution is 2.18. The average Bonchev–Trinajstić information content (AvgIpc) is 2.42. The van der Waals surface area contributed by atoms with Crippen LogP contribution in [-0.4, -0.2) is 18.9 Å². The molecular formula is C14H13NO3. The van der Waals surface area contributed by atoms with Crippen LogP contribution in [0.2, 0.25) is 0 Å². The van der Waals surface area contributed by atoms with Crippen molar-refractivity contribution in [3.05, 3.63) is 48.0 Å². The molecule has 0 unspecified atom stereocenters. The number of ether oxygens (including phenoxy) is 1. The monoisotopic (exact) mass is 243 g/mol. The summed E-state index contributed by atoms with van der Waals surface area (Å²) in [7, 11) is 0. The van der Waals surface area contributed by atoms with E-state index in [9.17, 15) is 9.59 Å². The number of hydrogen-bond donors (Lipinski definition) is 1. The second kappa shape index (κ2) is 5.82. The number of aldehydes is 1. The van der Waals surface area contributed by atoms with Gasteiger partial charge < -0.3 is 14.8 Å². The third kappa shape index (κ3) is 2.85. The molecule has 2 rings (SSSR count). The highest BCUT2D eigenvalue weighted by molar-refractivity contribution is 5.85. The SMILES string of the molecule is O=CCNC(=O)OCc1cccc2ccccc12. The largest absolute Gasteiger partial charge is 0.445 e. The van der Waals surface area contributed by atoms with Crippen LogP contribution in [0.1, 0.15) is 5.56 Å². The second-order valence-electron chi connectivity index (χ2n) is 3.76. The zero-order chi connectivity index (χ0) is 12.8. The van der Waals surface area contributed by atoms with E-state index in [0.717, 1.165) is 16.3 Å². The number of alkyl carbamates (subject to hydrolysis) is 1. The van der Waals surface area contributed by atoms with Crippen molar-refractivity contribution in [2.45, 2.75) is 6.61 Å². The van der Waals surface area contributed by atoms with Crippen molar-refractivity contribution >= 4 is 23.2 Å². The van der Waals surface area contributed by atoms with Crippen molar-refractivity contribution < 1.29 is 14.3 Å². The van der Waals surface area contributed by atoms with E-state index >= 15 is 0 Å². The molecule has 0 saturated heterocycles. The topological polar surface area (TPSA) is 55.4 Å². The van der Waals surface area contributed by atoms with Gasteiger partial charge >= 0.3 is 6.09 Å². The number of benzene rings is 2. The minimum Gasteiger partial charge on any atom is -0.445 e. The van der Waals surface area contributed by atoms with E-state index in [-0.39, 0.29) is 13.2 Å². The molecule has 2 aromatic carbocycles. The normalized spacial score (nSPS) is 10.0. The van der Waals surface area contributed by atoms with Gasteiger partial charge in [0.2, 0.25) is 0 Å². The van der Waals surface area contributed by atoms with Gasteiger partial charge in [-0.2, -0.15) is 0 Å². The van der Waals surface area contributed by atoms with Crippen LogP contribution in [0.5, 0.6) is 0 Å². The van der Waals surface area contributed by atoms with E-state index in [1.165, 1.54) is 0 Å². The molecule has 0 saturated carbocycles. The molecule has 4 heteroatoms. The first kappa shape index (κ1) is 12.1. The average molecular weight is 243 g/mol. The molecule has 0 radical (unpaired) electrons. The Hall–Kier alpha value is -2.36. The molecular weight excluding hydrogens is 230 g/mol. The van der Waals surface area contributed by atoms with Crippen LogP contribution >= 0.6 is 0 Å². The van der Waals surface area contributed by atoms with Gasteiger partial charge in [-0.15, -0.1) is 0 Å². The Labute approximate surface area is 105 Å². The highest BCUT2D eigenvalue weighted by Gasteiger charge is 2.04. The third-order valence-electron chi connectivity index (χ3n) is 2.57. The first-order chi connectivity index (χ1) is 8.81. The standard InChI is InChI=1S/C14H13NO3/c16-9-8-15-14(17)18-10-12-6-3-5-11-4-1-2-7-13(11)12/h1-7,9H,8,10H2,(H,15,17). The molecule has 1 amide bonds. The summed E-state index contributed by atoms with van der Waals surface area (Å²) in [4.78, 5) is 21.3. The molecule has 1 N–H and O–H groups in total. The van der Waals surface area contributed by atoms with Crippen molar-refractivity contribution in [1.82, 2.24) is 5.32 Å². The fraction of sp³-hybridized carbons (Fsp3) is 0.143. The first-order valence-corrected chi connectivity index (χ1v) is 5.62. The Morgan fingerprint density at radius 1 is 1.17 bits per heavy atom. The van der Waals surface area contributed by atoms with Crippen LogP contribution in [0.25, 0.3) is 10.8 Å². The van der Waals surface area contributed by atoms with Crippen LogP contribution in [0.4, 0.5) is 4.79 Å². The number of carbonyl (C=O) groups excluding carboxylic acids is 2. The first-order valence-electron chi connectivity index (χ1n) is 5.62. The molecule has 92 valence electrons. The van der Waals surface area contributed by atoms with E-state index in [1.54, 1.807) is 0 Å². The summed E-state index contributed by atoms with van der Waals surface area (Å²) in [5.74, 6) is 0. The van der Waals surface area contributed by atoms with Crippen LogP contribution < -0.4 is 5.32 Å². The summed E-state index contributed by atoms with van der Waals surface area (Å²) >= 11 is 0. The molecule has 2 aromatic rings. The van der Waals surface area contributed by atoms with Crippen molar-refractivity contribution in [1.29, 1.82) is 0 Å². The zero-order valence-corrected chi connectivity index (χ0v) is 9.76. The highest BCUT2D eigenvalue weighted by atomic mass is 16.5. The van der Waals surface area contributed by atoms with Gasteiger partial charge in [-0.05, 0) is 16.3 Å². The van der Waals surface area contributed by atoms with Gasteiger partial charge in [0.05, 0.1) is 6.54 Å². The van der Waals surface area contributed by atoms with Crippen LogP contribution in [0, 0.1) is 0 Å². The lowest BCUT2D eigenvalue weighted by Gasteiger charge is -2.07. The van der Waals surface area contributed by atoms with Gasteiger partial charge in [-0.25, -0.2) is 4.79 Å². The van der Waals surface area contributed by atoms with Crippen molar-refractivity contribution in [2.24, 2.45) is 0 Å². The molecule has 0 bridgehead atoms. The number of rotatable bonds is 4. The number of amides is 1. The fourth-order valence-corrected chi connectivity index (χ4v) is 1.74. The molecule has 4 nitrogen and oxygen atoms in total. The molecule has 0 atom stereocenters. The van der Waals surface area contributed by atoms with Crippen molar-refractivity contribution in [3.63, 3.8) is 0 Å². The molecule has 18 heavy (non-hydrogen) atoms. The zero-order valence-electron chi connectivity index (χ0n) is 9.76. The van der Waals surface area contributed by atoms with Gasteiger partial charge in [-0.3, -0.25) is 0 Å². The van der Waals surface area contributed by atoms with Gasteiger partial charge in [0, 0.05) is 0 Å². The Balaban J connectivity index is 2.08. The van der Waals surface area contributed by atoms with Crippen molar-refractivity contribution in [3.8, 4) is 0 Å². The third-order valence-corrected chi connectivity index (χ3v) is 2.57. The quantitative estimate of drug-likeness (QED) is 0.838. The molecule has 0 aliphatic rings. The predicted octanol–water partition coefficient (Wildman–Crippen LogP) is 2.26. The van der Waals surface area contributed by atoms with E-state index < -0.39 is 6.09 Å². The fourth-order valence-electron chi connectivity index (χ4n) is 1.74. The summed E-state index contributed by atoms with van der Waals surface area (Å²) < 4.78 is 5.03. The molecule has 0 spiro atoms. The summed E-state index contributed by atoms with van der Waals surface area (Å²) in [6.07, 6.45) is 0.0224. The summed E-state index contributed by atoms with van der Waals surface area (Å²) in [6.45, 7) is 0.153. The summed E-state index contributed by atoms with van der Waals surface area (Å²) in [5, 5.41) is 4.48. The lowest BCUT2D eigenvalue weighted by Crippen LogP contribution is -2.25. The number of hydrogen-bond acceptors (Lipinski definition) is 3. The molecule has 0 aliphatic heterocycles. The maximum atomic E-state index is 11.2. The van der Waals surface area contributed by atoms with Gasteiger partial charge in [-0.1, -0.05) is 42.5 Å². The van der Waals surface area contributed by atoms with E-state index in [0.29, 0.717) is 6.29 Å². The summed E-state index contributed by atoms with van der Waals surface area (Å²) in [5.41, 5.74) is 0.939. The van der Waals surface area contributed by atoms with Crippen molar-refractivity contribution in [2.75, 3.05) is 6.54 Å². The molecule has 0 aromatic heterocycles. The Bertz CT molecular complexity index is 560. The number of nitrogens with one attached hydrogen (secondary N) is 1. The Morgan fingerprint density at radius 3 is 2.78 bits per heavy atom. The van der Waals surface area contributed by atoms with Gasteiger partial charge in [0.25, 0.3) is 0 Å². The Morgan fingerprint density at radius 2 is 1.94 bits per heavy atom. The van der Waals surface area contributed by atoms with Crippen LogP contribution in [0.3, 0.4) is 0 Å². The van der Waals surface area contributed by atoms with E-state index in [1.807, 2.05) is 42.5 Å². The van der Waals surface area contributed by atoms with Crippen LogP contribution in [0.15, 0.2) is 42.5 Å². The smallest absolute Gasteiger partial charge is 0.407 e. The minimum atomic E-state index is -0.588. The van der Waals surface area contributed by atoms with Gasteiger partial charge in [0.1, 0.15) is 12.9 Å². The van der Waals surface area contributed by atoms with E-state index in [4.69, 9.17) is 4.74 Å². The Kier molecular flexibility index (Phi) is 3.91.